The lowest BCUT2D eigenvalue weighted by molar-refractivity contribution is -0.152. The summed E-state index contributed by atoms with van der Waals surface area (Å²) < 4.78 is 9.59. The Morgan fingerprint density at radius 3 is 2.35 bits per heavy atom. The fourth-order valence-corrected chi connectivity index (χ4v) is 2.12. The lowest BCUT2D eigenvalue weighted by Crippen LogP contribution is -2.31. The van der Waals surface area contributed by atoms with Gasteiger partial charge in [-0.15, -0.1) is 0 Å². The molecule has 0 aliphatic heterocycles. The molecule has 0 aromatic carbocycles. The summed E-state index contributed by atoms with van der Waals surface area (Å²) >= 11 is 0.717. The molecule has 8 nitrogen and oxygen atoms in total. The Hall–Kier alpha value is -2.03. The zero-order valence-electron chi connectivity index (χ0n) is 11.0. The highest BCUT2D eigenvalue weighted by atomic mass is 32.2. The van der Waals surface area contributed by atoms with Gasteiger partial charge < -0.3 is 20.2 Å². The molecule has 1 aromatic heterocycles. The SMILES string of the molecule is CCOC(=O)C(Sc1nc(N)cc(=O)[nH]1)C(=O)OCC. The molecule has 0 aliphatic rings. The van der Waals surface area contributed by atoms with Gasteiger partial charge in [0, 0.05) is 6.07 Å². The maximum absolute atomic E-state index is 11.7. The number of nitrogens with one attached hydrogen (secondary N) is 1. The van der Waals surface area contributed by atoms with Crippen LogP contribution >= 0.6 is 11.8 Å². The first-order valence-electron chi connectivity index (χ1n) is 5.84. The van der Waals surface area contributed by atoms with E-state index in [-0.39, 0.29) is 24.2 Å². The number of nitrogens with two attached hydrogens (primary N) is 1. The highest BCUT2D eigenvalue weighted by Crippen LogP contribution is 2.21. The predicted molar refractivity (Wildman–Crippen MR) is 72.2 cm³/mol. The molecule has 0 spiro atoms. The van der Waals surface area contributed by atoms with Crippen LogP contribution in [0.25, 0.3) is 0 Å². The number of nitrogen functional groups attached to an aromatic ring is 1. The summed E-state index contributed by atoms with van der Waals surface area (Å²) in [6, 6.07) is 1.09. The lowest BCUT2D eigenvalue weighted by atomic mass is 10.4. The number of esters is 2. The number of aromatic nitrogens is 2. The summed E-state index contributed by atoms with van der Waals surface area (Å²) in [5.41, 5.74) is 4.95. The number of carbonyl (C=O) groups excluding carboxylic acids is 2. The van der Waals surface area contributed by atoms with Crippen molar-refractivity contribution >= 4 is 29.5 Å². The Bertz CT molecular complexity index is 527. The van der Waals surface area contributed by atoms with Gasteiger partial charge in [0.05, 0.1) is 13.2 Å². The molecule has 0 saturated heterocycles. The number of hydrogen-bond acceptors (Lipinski definition) is 8. The third kappa shape index (κ3) is 4.57. The topological polar surface area (TPSA) is 124 Å². The second kappa shape index (κ2) is 7.53. The Kier molecular flexibility index (Phi) is 6.04. The van der Waals surface area contributed by atoms with Crippen molar-refractivity contribution in [1.82, 2.24) is 9.97 Å². The molecular formula is C11H15N3O5S. The van der Waals surface area contributed by atoms with Gasteiger partial charge in [0.2, 0.25) is 5.25 Å². The molecule has 1 rings (SSSR count). The van der Waals surface area contributed by atoms with Crippen molar-refractivity contribution in [2.45, 2.75) is 24.3 Å². The highest BCUT2D eigenvalue weighted by molar-refractivity contribution is 8.01. The van der Waals surface area contributed by atoms with Crippen LogP contribution in [0.2, 0.25) is 0 Å². The van der Waals surface area contributed by atoms with E-state index in [4.69, 9.17) is 15.2 Å². The minimum Gasteiger partial charge on any atom is -0.465 e. The van der Waals surface area contributed by atoms with Gasteiger partial charge in [-0.2, -0.15) is 0 Å². The van der Waals surface area contributed by atoms with Crippen LogP contribution < -0.4 is 11.3 Å². The largest absolute Gasteiger partial charge is 0.465 e. The third-order valence-corrected chi connectivity index (χ3v) is 3.01. The fourth-order valence-electron chi connectivity index (χ4n) is 1.25. The third-order valence-electron chi connectivity index (χ3n) is 1.97. The van der Waals surface area contributed by atoms with Crippen LogP contribution in [0.4, 0.5) is 5.82 Å². The van der Waals surface area contributed by atoms with Crippen LogP contribution in [0.5, 0.6) is 0 Å². The summed E-state index contributed by atoms with van der Waals surface area (Å²) in [6.45, 7) is 3.48. The minimum absolute atomic E-state index is 0.0114. The monoisotopic (exact) mass is 301 g/mol. The minimum atomic E-state index is -1.26. The molecule has 0 unspecified atom stereocenters. The first-order valence-corrected chi connectivity index (χ1v) is 6.72. The number of ether oxygens (including phenoxy) is 2. The number of nitrogens with zero attached hydrogens (tertiary/aromatic N) is 1. The second-order valence-electron chi connectivity index (χ2n) is 3.48. The Labute approximate surface area is 119 Å². The number of H-pyrrole nitrogens is 1. The zero-order chi connectivity index (χ0) is 15.1. The van der Waals surface area contributed by atoms with Gasteiger partial charge in [-0.3, -0.25) is 14.4 Å². The number of hydrogen-bond donors (Lipinski definition) is 2. The van der Waals surface area contributed by atoms with Crippen LogP contribution in [-0.4, -0.2) is 40.4 Å². The Balaban J connectivity index is 2.96. The van der Waals surface area contributed by atoms with Crippen LogP contribution in [0, 0.1) is 0 Å². The van der Waals surface area contributed by atoms with Crippen molar-refractivity contribution in [3.8, 4) is 0 Å². The molecule has 1 aromatic rings. The average Bonchev–Trinajstić information content (AvgIpc) is 2.35. The molecule has 0 amide bonds. The van der Waals surface area contributed by atoms with E-state index in [1.807, 2.05) is 0 Å². The van der Waals surface area contributed by atoms with Crippen molar-refractivity contribution in [3.63, 3.8) is 0 Å². The van der Waals surface area contributed by atoms with Gasteiger partial charge in [-0.25, -0.2) is 4.98 Å². The first kappa shape index (κ1) is 16.0. The predicted octanol–water partition coefficient (Wildman–Crippen LogP) is -0.0610. The van der Waals surface area contributed by atoms with E-state index in [0.717, 1.165) is 17.8 Å². The standard InChI is InChI=1S/C11H15N3O5S/c1-3-18-9(16)8(10(17)19-4-2)20-11-13-6(12)5-7(15)14-11/h5,8H,3-4H2,1-2H3,(H3,12,13,14,15). The Morgan fingerprint density at radius 1 is 1.35 bits per heavy atom. The molecule has 110 valence electrons. The van der Waals surface area contributed by atoms with E-state index >= 15 is 0 Å². The molecule has 0 atom stereocenters. The van der Waals surface area contributed by atoms with Crippen molar-refractivity contribution < 1.29 is 19.1 Å². The molecule has 0 radical (unpaired) electrons. The van der Waals surface area contributed by atoms with Gasteiger partial charge in [0.1, 0.15) is 5.82 Å². The molecule has 20 heavy (non-hydrogen) atoms. The van der Waals surface area contributed by atoms with Crippen molar-refractivity contribution in [2.75, 3.05) is 18.9 Å². The first-order chi connectivity index (χ1) is 9.47. The van der Waals surface area contributed by atoms with Gasteiger partial charge in [-0.05, 0) is 13.8 Å². The smallest absolute Gasteiger partial charge is 0.331 e. The summed E-state index contributed by atoms with van der Waals surface area (Å²) in [5, 5.41) is -1.22. The van der Waals surface area contributed by atoms with E-state index in [2.05, 4.69) is 9.97 Å². The summed E-state index contributed by atoms with van der Waals surface area (Å²) in [4.78, 5) is 40.9. The number of aromatic amines is 1. The highest BCUT2D eigenvalue weighted by Gasteiger charge is 2.31. The van der Waals surface area contributed by atoms with Crippen molar-refractivity contribution in [2.24, 2.45) is 0 Å². The molecule has 9 heteroatoms. The molecule has 0 bridgehead atoms. The van der Waals surface area contributed by atoms with E-state index in [1.165, 1.54) is 0 Å². The van der Waals surface area contributed by atoms with E-state index in [1.54, 1.807) is 13.8 Å². The molecular weight excluding hydrogens is 286 g/mol. The zero-order valence-corrected chi connectivity index (χ0v) is 11.9. The normalized spacial score (nSPS) is 10.3. The number of carbonyl (C=O) groups is 2. The maximum Gasteiger partial charge on any atom is 0.331 e. The van der Waals surface area contributed by atoms with Gasteiger partial charge >= 0.3 is 11.9 Å². The van der Waals surface area contributed by atoms with Crippen LogP contribution in [-0.2, 0) is 19.1 Å². The molecule has 0 saturated carbocycles. The van der Waals surface area contributed by atoms with E-state index < -0.39 is 22.7 Å². The molecule has 1 heterocycles. The Morgan fingerprint density at radius 2 is 1.90 bits per heavy atom. The summed E-state index contributed by atoms with van der Waals surface area (Å²) in [7, 11) is 0. The maximum atomic E-state index is 11.7. The van der Waals surface area contributed by atoms with E-state index in [0.29, 0.717) is 0 Å². The number of thioether (sulfide) groups is 1. The summed E-state index contributed by atoms with van der Waals surface area (Å²) in [6.07, 6.45) is 0. The van der Waals surface area contributed by atoms with Crippen LogP contribution in [0.15, 0.2) is 16.0 Å². The second-order valence-corrected chi connectivity index (χ2v) is 4.57. The van der Waals surface area contributed by atoms with Gasteiger partial charge in [0.25, 0.3) is 5.56 Å². The lowest BCUT2D eigenvalue weighted by Gasteiger charge is -2.13. The van der Waals surface area contributed by atoms with Gasteiger partial charge in [-0.1, -0.05) is 11.8 Å². The fraction of sp³-hybridized carbons (Fsp3) is 0.455. The van der Waals surface area contributed by atoms with Crippen LogP contribution in [0.3, 0.4) is 0 Å². The summed E-state index contributed by atoms with van der Waals surface area (Å²) in [5.74, 6) is -1.54. The molecule has 0 fully saturated rings. The molecule has 0 aliphatic carbocycles. The van der Waals surface area contributed by atoms with E-state index in [9.17, 15) is 14.4 Å². The van der Waals surface area contributed by atoms with Crippen molar-refractivity contribution in [3.05, 3.63) is 16.4 Å². The van der Waals surface area contributed by atoms with Crippen LogP contribution in [0.1, 0.15) is 13.8 Å². The quantitative estimate of drug-likeness (QED) is 0.324. The number of rotatable bonds is 6. The number of anilines is 1. The average molecular weight is 301 g/mol. The van der Waals surface area contributed by atoms with Gasteiger partial charge in [0.15, 0.2) is 5.16 Å². The molecule has 3 N–H and O–H groups in total. The van der Waals surface area contributed by atoms with Crippen molar-refractivity contribution in [1.29, 1.82) is 0 Å².